The summed E-state index contributed by atoms with van der Waals surface area (Å²) in [6, 6.07) is -1.53. The van der Waals surface area contributed by atoms with Gasteiger partial charge in [0.1, 0.15) is 12.7 Å². The summed E-state index contributed by atoms with van der Waals surface area (Å²) in [6.45, 7) is 2.26. The molecule has 0 aliphatic rings. The first-order valence-corrected chi connectivity index (χ1v) is 14.1. The van der Waals surface area contributed by atoms with Crippen molar-refractivity contribution in [3.63, 3.8) is 0 Å². The van der Waals surface area contributed by atoms with Crippen LogP contribution in [0.1, 0.15) is 97.3 Å². The van der Waals surface area contributed by atoms with Gasteiger partial charge in [0, 0.05) is 12.8 Å². The molecule has 0 aromatic carbocycles. The molecule has 206 valence electrons. The molecular weight excluding hydrogens is 481 g/mol. The van der Waals surface area contributed by atoms with Gasteiger partial charge < -0.3 is 25.2 Å². The van der Waals surface area contributed by atoms with E-state index < -0.39 is 57.6 Å². The van der Waals surface area contributed by atoms with E-state index in [0.29, 0.717) is 12.8 Å². The van der Waals surface area contributed by atoms with Crippen molar-refractivity contribution in [3.05, 3.63) is 0 Å². The van der Waals surface area contributed by atoms with Crippen LogP contribution in [0.25, 0.3) is 0 Å². The molecule has 35 heavy (non-hydrogen) atoms. The van der Waals surface area contributed by atoms with Crippen LogP contribution in [0.4, 0.5) is 0 Å². The van der Waals surface area contributed by atoms with Crippen LogP contribution >= 0.6 is 7.82 Å². The van der Waals surface area contributed by atoms with Crippen molar-refractivity contribution < 1.29 is 47.8 Å². The highest BCUT2D eigenvalue weighted by atomic mass is 31.2. The predicted molar refractivity (Wildman–Crippen MR) is 130 cm³/mol. The minimum atomic E-state index is -4.71. The topological polar surface area (TPSA) is 169 Å². The Hall–Kier alpha value is -1.52. The van der Waals surface area contributed by atoms with Crippen molar-refractivity contribution in [2.45, 2.75) is 109 Å². The quantitative estimate of drug-likeness (QED) is 0.0876. The number of hydrogen-bond donors (Lipinski definition) is 4. The molecule has 0 saturated carbocycles. The Morgan fingerprint density at radius 2 is 1.31 bits per heavy atom. The number of aliphatic hydroxyl groups excluding tert-OH is 1. The number of hydrogen-bond acceptors (Lipinski definition) is 8. The number of carboxylic acids is 1. The second-order valence-electron chi connectivity index (χ2n) is 8.54. The minimum Gasteiger partial charge on any atom is -0.480 e. The lowest BCUT2D eigenvalue weighted by molar-refractivity contribution is -0.147. The molecule has 4 N–H and O–H groups in total. The van der Waals surface area contributed by atoms with E-state index >= 15 is 0 Å². The summed E-state index contributed by atoms with van der Waals surface area (Å²) in [4.78, 5) is 44.6. The zero-order valence-electron chi connectivity index (χ0n) is 21.1. The number of carboxylic acid groups (broad SMARTS) is 1. The van der Waals surface area contributed by atoms with Gasteiger partial charge in [0.05, 0.1) is 13.2 Å². The standard InChI is InChI=1S/C23H44NO10P/c1-3-5-7-8-9-10-11-13-14-21(26)24-20(23(28)29)18-34-35(30,31)33-17-19(25)16-32-22(27)15-12-6-4-2/h19-20,25H,3-18H2,1-2H3,(H,24,26)(H,28,29)(H,30,31). The van der Waals surface area contributed by atoms with Crippen LogP contribution in [0, 0.1) is 0 Å². The van der Waals surface area contributed by atoms with E-state index in [2.05, 4.69) is 21.3 Å². The average Bonchev–Trinajstić information content (AvgIpc) is 2.80. The molecule has 3 unspecified atom stereocenters. The van der Waals surface area contributed by atoms with Crippen LogP contribution in [0.15, 0.2) is 0 Å². The lowest BCUT2D eigenvalue weighted by atomic mass is 10.1. The maximum Gasteiger partial charge on any atom is 0.472 e. The molecule has 11 nitrogen and oxygen atoms in total. The third-order valence-corrected chi connectivity index (χ3v) is 6.10. The molecular formula is C23H44NO10P. The normalized spacial score (nSPS) is 14.6. The second kappa shape index (κ2) is 20.7. The molecule has 0 aromatic rings. The van der Waals surface area contributed by atoms with E-state index in [1.165, 1.54) is 25.7 Å². The number of ether oxygens (including phenoxy) is 1. The van der Waals surface area contributed by atoms with Gasteiger partial charge in [0.15, 0.2) is 6.04 Å². The highest BCUT2D eigenvalue weighted by Gasteiger charge is 2.28. The first kappa shape index (κ1) is 33.5. The van der Waals surface area contributed by atoms with Crippen molar-refractivity contribution >= 4 is 25.7 Å². The van der Waals surface area contributed by atoms with Crippen molar-refractivity contribution in [1.29, 1.82) is 0 Å². The van der Waals surface area contributed by atoms with Gasteiger partial charge in [0.25, 0.3) is 0 Å². The van der Waals surface area contributed by atoms with Crippen LogP contribution in [0.3, 0.4) is 0 Å². The highest BCUT2D eigenvalue weighted by molar-refractivity contribution is 7.47. The molecule has 0 aromatic heterocycles. The molecule has 1 amide bonds. The van der Waals surface area contributed by atoms with E-state index in [1.54, 1.807) is 0 Å². The molecule has 0 heterocycles. The number of aliphatic hydroxyl groups is 1. The molecule has 0 saturated heterocycles. The number of rotatable bonds is 23. The van der Waals surface area contributed by atoms with Crippen LogP contribution < -0.4 is 5.32 Å². The van der Waals surface area contributed by atoms with Crippen molar-refractivity contribution in [2.24, 2.45) is 0 Å². The van der Waals surface area contributed by atoms with E-state index in [4.69, 9.17) is 4.74 Å². The molecule has 12 heteroatoms. The Kier molecular flexibility index (Phi) is 19.8. The van der Waals surface area contributed by atoms with E-state index in [0.717, 1.165) is 32.1 Å². The second-order valence-corrected chi connectivity index (χ2v) is 9.99. The number of phosphoric acid groups is 1. The monoisotopic (exact) mass is 525 g/mol. The Morgan fingerprint density at radius 1 is 0.800 bits per heavy atom. The summed E-state index contributed by atoms with van der Waals surface area (Å²) in [6.07, 6.45) is 9.88. The highest BCUT2D eigenvalue weighted by Crippen LogP contribution is 2.43. The fourth-order valence-corrected chi connectivity index (χ4v) is 3.85. The van der Waals surface area contributed by atoms with Gasteiger partial charge >= 0.3 is 19.8 Å². The van der Waals surface area contributed by atoms with Crippen LogP contribution in [0.2, 0.25) is 0 Å². The van der Waals surface area contributed by atoms with Crippen molar-refractivity contribution in [3.8, 4) is 0 Å². The Labute approximate surface area is 208 Å². The average molecular weight is 526 g/mol. The molecule has 0 aliphatic carbocycles. The summed E-state index contributed by atoms with van der Waals surface area (Å²) >= 11 is 0. The molecule has 0 aliphatic heterocycles. The van der Waals surface area contributed by atoms with Crippen molar-refractivity contribution in [1.82, 2.24) is 5.32 Å². The Morgan fingerprint density at radius 3 is 1.91 bits per heavy atom. The largest absolute Gasteiger partial charge is 0.480 e. The van der Waals surface area contributed by atoms with Gasteiger partial charge in [0.2, 0.25) is 5.91 Å². The van der Waals surface area contributed by atoms with Gasteiger partial charge in [-0.1, -0.05) is 71.6 Å². The molecule has 0 bridgehead atoms. The lowest BCUT2D eigenvalue weighted by Gasteiger charge is -2.18. The van der Waals surface area contributed by atoms with Gasteiger partial charge in [-0.15, -0.1) is 0 Å². The first-order valence-electron chi connectivity index (χ1n) is 12.6. The lowest BCUT2D eigenvalue weighted by Crippen LogP contribution is -2.43. The molecule has 0 fully saturated rings. The Balaban J connectivity index is 4.19. The molecule has 0 rings (SSSR count). The summed E-state index contributed by atoms with van der Waals surface area (Å²) < 4.78 is 26.1. The third-order valence-electron chi connectivity index (χ3n) is 5.15. The fraction of sp³-hybridized carbons (Fsp3) is 0.870. The number of carbonyl (C=O) groups is 3. The van der Waals surface area contributed by atoms with E-state index in [1.807, 2.05) is 6.92 Å². The molecule has 0 spiro atoms. The number of phosphoric ester groups is 1. The summed E-state index contributed by atoms with van der Waals surface area (Å²) in [5.41, 5.74) is 0. The van der Waals surface area contributed by atoms with Gasteiger partial charge in [-0.25, -0.2) is 9.36 Å². The van der Waals surface area contributed by atoms with Crippen molar-refractivity contribution in [2.75, 3.05) is 19.8 Å². The SMILES string of the molecule is CCCCCCCCCCC(=O)NC(COP(=O)(O)OCC(O)COC(=O)CCCCC)C(=O)O. The number of carbonyl (C=O) groups excluding carboxylic acids is 2. The molecule has 3 atom stereocenters. The minimum absolute atomic E-state index is 0.148. The zero-order valence-corrected chi connectivity index (χ0v) is 22.0. The summed E-state index contributed by atoms with van der Waals surface area (Å²) in [5.74, 6) is -2.41. The number of esters is 1. The van der Waals surface area contributed by atoms with E-state index in [-0.39, 0.29) is 12.8 Å². The van der Waals surface area contributed by atoms with Crippen LogP contribution in [-0.2, 0) is 32.7 Å². The summed E-state index contributed by atoms with van der Waals surface area (Å²) in [5, 5.41) is 21.3. The van der Waals surface area contributed by atoms with Gasteiger partial charge in [-0.3, -0.25) is 18.6 Å². The molecule has 0 radical (unpaired) electrons. The smallest absolute Gasteiger partial charge is 0.472 e. The van der Waals surface area contributed by atoms with E-state index in [9.17, 15) is 34.1 Å². The number of unbranched alkanes of at least 4 members (excludes halogenated alkanes) is 9. The van der Waals surface area contributed by atoms with Gasteiger partial charge in [-0.2, -0.15) is 0 Å². The predicted octanol–water partition coefficient (Wildman–Crippen LogP) is 3.70. The van der Waals surface area contributed by atoms with Gasteiger partial charge in [-0.05, 0) is 12.8 Å². The maximum absolute atomic E-state index is 12.0. The number of aliphatic carboxylic acids is 1. The zero-order chi connectivity index (χ0) is 26.5. The number of nitrogens with one attached hydrogen (secondary N) is 1. The maximum atomic E-state index is 12.0. The summed E-state index contributed by atoms with van der Waals surface area (Å²) in [7, 11) is -4.71. The number of amides is 1. The van der Waals surface area contributed by atoms with Crippen LogP contribution in [-0.4, -0.2) is 64.9 Å². The third kappa shape index (κ3) is 20.4. The first-order chi connectivity index (χ1) is 16.6. The Bertz CT molecular complexity index is 646. The fourth-order valence-electron chi connectivity index (χ4n) is 3.08. The van der Waals surface area contributed by atoms with Crippen LogP contribution in [0.5, 0.6) is 0 Å².